The maximum absolute atomic E-state index is 13.1. The fraction of sp³-hybridized carbons (Fsp3) is 0.429. The van der Waals surface area contributed by atoms with Crippen LogP contribution in [0.2, 0.25) is 0 Å². The minimum absolute atomic E-state index is 0.0179. The van der Waals surface area contributed by atoms with Crippen molar-refractivity contribution < 1.29 is 18.0 Å². The zero-order valence-corrected chi connectivity index (χ0v) is 17.9. The monoisotopic (exact) mass is 432 g/mol. The Bertz CT molecular complexity index is 1070. The summed E-state index contributed by atoms with van der Waals surface area (Å²) in [5, 5.41) is 6.40. The molecule has 0 bridgehead atoms. The van der Waals surface area contributed by atoms with E-state index < -0.39 is 9.84 Å². The van der Waals surface area contributed by atoms with Gasteiger partial charge in [0.15, 0.2) is 9.84 Å². The van der Waals surface area contributed by atoms with Crippen molar-refractivity contribution in [2.24, 2.45) is 0 Å². The summed E-state index contributed by atoms with van der Waals surface area (Å²) >= 11 is 1.47. The van der Waals surface area contributed by atoms with Gasteiger partial charge in [-0.15, -0.1) is 11.3 Å². The van der Waals surface area contributed by atoms with E-state index in [9.17, 15) is 18.0 Å². The quantitative estimate of drug-likeness (QED) is 0.777. The molecule has 4 rings (SSSR count). The van der Waals surface area contributed by atoms with E-state index in [-0.39, 0.29) is 29.4 Å². The number of carbonyl (C=O) groups is 2. The largest absolute Gasteiger partial charge is 0.348 e. The summed E-state index contributed by atoms with van der Waals surface area (Å²) in [4.78, 5) is 27.1. The second-order valence-electron chi connectivity index (χ2n) is 7.76. The fourth-order valence-corrected chi connectivity index (χ4v) is 7.01. The number of hydrogen-bond acceptors (Lipinski definition) is 5. The van der Waals surface area contributed by atoms with Crippen LogP contribution in [0.1, 0.15) is 56.0 Å². The number of amides is 2. The third-order valence-electron chi connectivity index (χ3n) is 5.58. The van der Waals surface area contributed by atoms with Crippen LogP contribution < -0.4 is 10.6 Å². The van der Waals surface area contributed by atoms with Gasteiger partial charge in [-0.2, -0.15) is 0 Å². The molecule has 0 spiro atoms. The highest BCUT2D eigenvalue weighted by Crippen LogP contribution is 2.38. The maximum atomic E-state index is 13.1. The van der Waals surface area contributed by atoms with Crippen molar-refractivity contribution >= 4 is 38.0 Å². The van der Waals surface area contributed by atoms with Gasteiger partial charge in [0.1, 0.15) is 5.00 Å². The van der Waals surface area contributed by atoms with Crippen LogP contribution >= 0.6 is 11.3 Å². The molecule has 2 aromatic rings. The number of fused-ring (bicyclic) bond motifs is 1. The summed E-state index contributed by atoms with van der Waals surface area (Å²) in [7, 11) is -3.08. The van der Waals surface area contributed by atoms with Gasteiger partial charge in [0.05, 0.1) is 17.1 Å². The SMILES string of the molecule is Cc1ccccc1C(=O)Nc1sc2c(c1C(=O)N[C@H]1CCS(=O)(=O)C1)CCCC2. The van der Waals surface area contributed by atoms with E-state index in [1.165, 1.54) is 11.3 Å². The number of thiophene rings is 1. The minimum Gasteiger partial charge on any atom is -0.348 e. The number of nitrogens with one attached hydrogen (secondary N) is 2. The molecule has 2 amide bonds. The van der Waals surface area contributed by atoms with Gasteiger partial charge in [0, 0.05) is 16.5 Å². The Morgan fingerprint density at radius 1 is 1.10 bits per heavy atom. The molecule has 2 aliphatic rings. The van der Waals surface area contributed by atoms with Crippen molar-refractivity contribution in [3.05, 3.63) is 51.4 Å². The first kappa shape index (κ1) is 20.1. The van der Waals surface area contributed by atoms with Crippen molar-refractivity contribution in [2.75, 3.05) is 16.8 Å². The standard InChI is InChI=1S/C21H24N2O4S2/c1-13-6-2-3-7-15(13)19(24)23-21-18(16-8-4-5-9-17(16)28-21)20(25)22-14-10-11-29(26,27)12-14/h2-3,6-7,14H,4-5,8-12H2,1H3,(H,22,25)(H,23,24)/t14-/m0/s1. The smallest absolute Gasteiger partial charge is 0.256 e. The van der Waals surface area contributed by atoms with Crippen LogP contribution in [0.5, 0.6) is 0 Å². The lowest BCUT2D eigenvalue weighted by Gasteiger charge is -2.15. The second kappa shape index (κ2) is 7.91. The summed E-state index contributed by atoms with van der Waals surface area (Å²) < 4.78 is 23.5. The third kappa shape index (κ3) is 4.23. The maximum Gasteiger partial charge on any atom is 0.256 e. The zero-order chi connectivity index (χ0) is 20.6. The Morgan fingerprint density at radius 2 is 1.86 bits per heavy atom. The second-order valence-corrected chi connectivity index (χ2v) is 11.1. The summed E-state index contributed by atoms with van der Waals surface area (Å²) in [5.41, 5.74) is 2.95. The molecule has 0 radical (unpaired) electrons. The lowest BCUT2D eigenvalue weighted by Crippen LogP contribution is -2.36. The highest BCUT2D eigenvalue weighted by molar-refractivity contribution is 7.91. The molecule has 29 heavy (non-hydrogen) atoms. The van der Waals surface area contributed by atoms with Gasteiger partial charge >= 0.3 is 0 Å². The molecule has 1 saturated heterocycles. The minimum atomic E-state index is -3.08. The first-order valence-corrected chi connectivity index (χ1v) is 12.5. The number of benzene rings is 1. The highest BCUT2D eigenvalue weighted by atomic mass is 32.2. The number of sulfone groups is 1. The highest BCUT2D eigenvalue weighted by Gasteiger charge is 2.32. The summed E-state index contributed by atoms with van der Waals surface area (Å²) in [6.45, 7) is 1.88. The number of anilines is 1. The van der Waals surface area contributed by atoms with Crippen molar-refractivity contribution in [3.63, 3.8) is 0 Å². The molecule has 0 saturated carbocycles. The molecule has 1 aromatic carbocycles. The van der Waals surface area contributed by atoms with E-state index in [4.69, 9.17) is 0 Å². The summed E-state index contributed by atoms with van der Waals surface area (Å²) in [6, 6.07) is 6.97. The molecule has 1 atom stereocenters. The molecule has 1 aliphatic carbocycles. The number of carbonyl (C=O) groups excluding carboxylic acids is 2. The van der Waals surface area contributed by atoms with E-state index in [0.717, 1.165) is 41.7 Å². The molecule has 0 unspecified atom stereocenters. The van der Waals surface area contributed by atoms with E-state index in [2.05, 4.69) is 10.6 Å². The van der Waals surface area contributed by atoms with Crippen molar-refractivity contribution in [1.29, 1.82) is 0 Å². The Labute approximate surface area is 174 Å². The first-order chi connectivity index (χ1) is 13.8. The summed E-state index contributed by atoms with van der Waals surface area (Å²) in [5.74, 6) is -0.433. The molecule has 1 aromatic heterocycles. The Balaban J connectivity index is 1.62. The van der Waals surface area contributed by atoms with Crippen molar-refractivity contribution in [2.45, 2.75) is 45.1 Å². The Hall–Kier alpha value is -2.19. The van der Waals surface area contributed by atoms with E-state index in [1.54, 1.807) is 6.07 Å². The number of aryl methyl sites for hydroxylation is 2. The molecule has 154 valence electrons. The van der Waals surface area contributed by atoms with E-state index >= 15 is 0 Å². The average Bonchev–Trinajstić information content (AvgIpc) is 3.20. The third-order valence-corrected chi connectivity index (χ3v) is 8.56. The van der Waals surface area contributed by atoms with Crippen LogP contribution in [0, 0.1) is 6.92 Å². The van der Waals surface area contributed by atoms with Crippen molar-refractivity contribution in [1.82, 2.24) is 5.32 Å². The van der Waals surface area contributed by atoms with E-state index in [1.807, 2.05) is 25.1 Å². The molecule has 6 nitrogen and oxygen atoms in total. The van der Waals surface area contributed by atoms with Crippen LogP contribution in [0.15, 0.2) is 24.3 Å². The number of rotatable bonds is 4. The van der Waals surface area contributed by atoms with Gasteiger partial charge in [0.25, 0.3) is 11.8 Å². The summed E-state index contributed by atoms with van der Waals surface area (Å²) in [6.07, 6.45) is 4.22. The Kier molecular flexibility index (Phi) is 5.48. The van der Waals surface area contributed by atoms with Gasteiger partial charge in [0.2, 0.25) is 0 Å². The van der Waals surface area contributed by atoms with Gasteiger partial charge in [-0.3, -0.25) is 9.59 Å². The fourth-order valence-electron chi connectivity index (χ4n) is 4.06. The average molecular weight is 433 g/mol. The van der Waals surface area contributed by atoms with Gasteiger partial charge < -0.3 is 10.6 Å². The van der Waals surface area contributed by atoms with Gasteiger partial charge in [-0.25, -0.2) is 8.42 Å². The first-order valence-electron chi connectivity index (χ1n) is 9.87. The van der Waals surface area contributed by atoms with Gasteiger partial charge in [-0.05, 0) is 56.2 Å². The number of hydrogen-bond donors (Lipinski definition) is 2. The predicted octanol–water partition coefficient (Wildman–Crippen LogP) is 3.10. The van der Waals surface area contributed by atoms with Crippen LogP contribution in [-0.4, -0.2) is 37.8 Å². The molecule has 8 heteroatoms. The Morgan fingerprint density at radius 3 is 2.59 bits per heavy atom. The molecular weight excluding hydrogens is 408 g/mol. The molecule has 1 aliphatic heterocycles. The molecule has 2 heterocycles. The molecular formula is C21H24N2O4S2. The lowest BCUT2D eigenvalue weighted by molar-refractivity contribution is 0.0941. The van der Waals surface area contributed by atoms with E-state index in [0.29, 0.717) is 22.5 Å². The van der Waals surface area contributed by atoms with Crippen LogP contribution in [0.25, 0.3) is 0 Å². The molecule has 1 fully saturated rings. The van der Waals surface area contributed by atoms with Crippen LogP contribution in [-0.2, 0) is 22.7 Å². The van der Waals surface area contributed by atoms with Crippen LogP contribution in [0.4, 0.5) is 5.00 Å². The normalized spacial score (nSPS) is 20.1. The molecule has 2 N–H and O–H groups in total. The topological polar surface area (TPSA) is 92.3 Å². The predicted molar refractivity (Wildman–Crippen MR) is 115 cm³/mol. The zero-order valence-electron chi connectivity index (χ0n) is 16.3. The van der Waals surface area contributed by atoms with Crippen LogP contribution in [0.3, 0.4) is 0 Å². The van der Waals surface area contributed by atoms with Gasteiger partial charge in [-0.1, -0.05) is 18.2 Å². The van der Waals surface area contributed by atoms with Crippen molar-refractivity contribution in [3.8, 4) is 0 Å². The lowest BCUT2D eigenvalue weighted by atomic mass is 9.95.